The number of rotatable bonds is 5. The van der Waals surface area contributed by atoms with Crippen molar-refractivity contribution >= 4 is 0 Å². The normalized spacial score (nSPS) is 12.1. The highest BCUT2D eigenvalue weighted by Crippen LogP contribution is 2.39. The van der Waals surface area contributed by atoms with Gasteiger partial charge >= 0.3 is 0 Å². The number of fused-ring (bicyclic) bond motifs is 3. The predicted molar refractivity (Wildman–Crippen MR) is 103 cm³/mol. The Hall–Kier alpha value is -2.48. The molecule has 0 saturated carbocycles. The van der Waals surface area contributed by atoms with Gasteiger partial charge in [-0.15, -0.1) is 0 Å². The Morgan fingerprint density at radius 1 is 0.731 bits per heavy atom. The van der Waals surface area contributed by atoms with E-state index in [2.05, 4.69) is 37.3 Å². The highest BCUT2D eigenvalue weighted by molar-refractivity contribution is 5.80. The monoisotopic (exact) mass is 348 g/mol. The summed E-state index contributed by atoms with van der Waals surface area (Å²) in [7, 11) is 0. The highest BCUT2D eigenvalue weighted by atomic mass is 19.2. The zero-order valence-corrected chi connectivity index (χ0v) is 15.0. The lowest BCUT2D eigenvalue weighted by Crippen LogP contribution is -1.88. The summed E-state index contributed by atoms with van der Waals surface area (Å²) in [6.07, 6.45) is 5.79. The molecule has 0 atom stereocenters. The third-order valence-corrected chi connectivity index (χ3v) is 5.27. The van der Waals surface area contributed by atoms with Gasteiger partial charge in [-0.3, -0.25) is 0 Å². The van der Waals surface area contributed by atoms with E-state index >= 15 is 0 Å². The van der Waals surface area contributed by atoms with Crippen LogP contribution in [0.4, 0.5) is 8.78 Å². The van der Waals surface area contributed by atoms with Gasteiger partial charge in [0.2, 0.25) is 0 Å². The lowest BCUT2D eigenvalue weighted by Gasteiger charge is -2.07. The molecule has 0 amide bonds. The lowest BCUT2D eigenvalue weighted by molar-refractivity contribution is 0.509. The van der Waals surface area contributed by atoms with Crippen LogP contribution >= 0.6 is 0 Å². The summed E-state index contributed by atoms with van der Waals surface area (Å²) in [5, 5.41) is 0. The zero-order chi connectivity index (χ0) is 18.1. The molecule has 3 aromatic rings. The first-order valence-corrected chi connectivity index (χ1v) is 9.36. The number of aryl methyl sites for hydroxylation is 1. The predicted octanol–water partition coefficient (Wildman–Crippen LogP) is 6.94. The van der Waals surface area contributed by atoms with Crippen LogP contribution in [-0.4, -0.2) is 0 Å². The maximum atomic E-state index is 13.6. The third-order valence-electron chi connectivity index (χ3n) is 5.27. The van der Waals surface area contributed by atoms with E-state index in [0.29, 0.717) is 5.56 Å². The second-order valence-corrected chi connectivity index (χ2v) is 7.13. The fraction of sp³-hybridized carbons (Fsp3) is 0.250. The molecule has 2 heteroatoms. The molecular weight excluding hydrogens is 326 g/mol. The van der Waals surface area contributed by atoms with E-state index < -0.39 is 11.6 Å². The molecule has 0 aromatic heterocycles. The van der Waals surface area contributed by atoms with Crippen LogP contribution in [0.1, 0.15) is 42.9 Å². The van der Waals surface area contributed by atoms with Gasteiger partial charge in [0.15, 0.2) is 11.6 Å². The van der Waals surface area contributed by atoms with Gasteiger partial charge in [0.25, 0.3) is 0 Å². The van der Waals surface area contributed by atoms with Gasteiger partial charge in [-0.2, -0.15) is 0 Å². The molecule has 0 bridgehead atoms. The summed E-state index contributed by atoms with van der Waals surface area (Å²) in [6, 6.07) is 17.1. The number of hydrogen-bond donors (Lipinski definition) is 0. The zero-order valence-electron chi connectivity index (χ0n) is 15.0. The molecule has 0 N–H and O–H groups in total. The topological polar surface area (TPSA) is 0 Å². The fourth-order valence-corrected chi connectivity index (χ4v) is 3.85. The molecule has 0 nitrogen and oxygen atoms in total. The quantitative estimate of drug-likeness (QED) is 0.343. The van der Waals surface area contributed by atoms with E-state index in [1.54, 1.807) is 6.07 Å². The molecule has 1 aliphatic rings. The van der Waals surface area contributed by atoms with Crippen molar-refractivity contribution in [3.63, 3.8) is 0 Å². The van der Waals surface area contributed by atoms with Crippen molar-refractivity contribution in [2.45, 2.75) is 39.0 Å². The van der Waals surface area contributed by atoms with Crippen molar-refractivity contribution in [2.24, 2.45) is 0 Å². The van der Waals surface area contributed by atoms with Crippen molar-refractivity contribution in [3.05, 3.63) is 82.9 Å². The molecule has 132 valence electrons. The van der Waals surface area contributed by atoms with Gasteiger partial charge in [0.05, 0.1) is 0 Å². The lowest BCUT2D eigenvalue weighted by atomic mass is 9.98. The van der Waals surface area contributed by atoms with Crippen LogP contribution in [0, 0.1) is 11.6 Å². The standard InChI is InChI=1S/C24H22F2/c1-2-3-4-5-16-6-9-21-19(12-16)14-20-13-17(7-10-22(20)21)18-8-11-23(25)24(26)15-18/h6-13,15H,2-5,14H2,1H3. The minimum absolute atomic E-state index is 0.711. The van der Waals surface area contributed by atoms with Gasteiger partial charge in [-0.05, 0) is 70.3 Å². The molecular formula is C24H22F2. The van der Waals surface area contributed by atoms with E-state index in [-0.39, 0.29) is 0 Å². The van der Waals surface area contributed by atoms with Crippen molar-refractivity contribution in [3.8, 4) is 22.3 Å². The van der Waals surface area contributed by atoms with Gasteiger partial charge in [-0.25, -0.2) is 8.78 Å². The van der Waals surface area contributed by atoms with Crippen LogP contribution in [0.2, 0.25) is 0 Å². The molecule has 0 fully saturated rings. The van der Waals surface area contributed by atoms with Gasteiger partial charge < -0.3 is 0 Å². The van der Waals surface area contributed by atoms with Crippen molar-refractivity contribution in [2.75, 3.05) is 0 Å². The molecule has 0 radical (unpaired) electrons. The Balaban J connectivity index is 1.62. The Kier molecular flexibility index (Phi) is 4.58. The molecule has 26 heavy (non-hydrogen) atoms. The largest absolute Gasteiger partial charge is 0.204 e. The average molecular weight is 348 g/mol. The summed E-state index contributed by atoms with van der Waals surface area (Å²) >= 11 is 0. The van der Waals surface area contributed by atoms with Crippen LogP contribution in [0.25, 0.3) is 22.3 Å². The number of unbranched alkanes of at least 4 members (excludes halogenated alkanes) is 2. The number of hydrogen-bond acceptors (Lipinski definition) is 0. The summed E-state index contributed by atoms with van der Waals surface area (Å²) in [4.78, 5) is 0. The second kappa shape index (κ2) is 7.03. The van der Waals surface area contributed by atoms with E-state index in [1.807, 2.05) is 6.07 Å². The SMILES string of the molecule is CCCCCc1ccc2c(c1)Cc1cc(-c3ccc(F)c(F)c3)ccc1-2. The van der Waals surface area contributed by atoms with Gasteiger partial charge in [0.1, 0.15) is 0 Å². The highest BCUT2D eigenvalue weighted by Gasteiger charge is 2.19. The van der Waals surface area contributed by atoms with E-state index in [1.165, 1.54) is 59.2 Å². The first kappa shape index (κ1) is 17.0. The molecule has 3 aromatic carbocycles. The number of benzene rings is 3. The molecule has 0 unspecified atom stereocenters. The van der Waals surface area contributed by atoms with Gasteiger partial charge in [-0.1, -0.05) is 62.2 Å². The molecule has 0 heterocycles. The molecule has 0 saturated heterocycles. The van der Waals surface area contributed by atoms with Gasteiger partial charge in [0, 0.05) is 0 Å². The van der Waals surface area contributed by atoms with E-state index in [0.717, 1.165) is 18.4 Å². The molecule has 0 spiro atoms. The number of halogens is 2. The third kappa shape index (κ3) is 3.16. The second-order valence-electron chi connectivity index (χ2n) is 7.13. The maximum Gasteiger partial charge on any atom is 0.159 e. The van der Waals surface area contributed by atoms with E-state index in [9.17, 15) is 8.78 Å². The van der Waals surface area contributed by atoms with Crippen LogP contribution in [0.3, 0.4) is 0 Å². The Bertz CT molecular complexity index is 956. The Morgan fingerprint density at radius 3 is 2.19 bits per heavy atom. The summed E-state index contributed by atoms with van der Waals surface area (Å²) in [6.45, 7) is 2.23. The smallest absolute Gasteiger partial charge is 0.159 e. The minimum atomic E-state index is -0.807. The van der Waals surface area contributed by atoms with Crippen molar-refractivity contribution in [1.82, 2.24) is 0 Å². The van der Waals surface area contributed by atoms with Crippen LogP contribution < -0.4 is 0 Å². The van der Waals surface area contributed by atoms with Crippen LogP contribution in [0.5, 0.6) is 0 Å². The van der Waals surface area contributed by atoms with Crippen LogP contribution in [-0.2, 0) is 12.8 Å². The molecule has 1 aliphatic carbocycles. The summed E-state index contributed by atoms with van der Waals surface area (Å²) < 4.78 is 26.7. The first-order valence-electron chi connectivity index (χ1n) is 9.36. The Morgan fingerprint density at radius 2 is 1.42 bits per heavy atom. The minimum Gasteiger partial charge on any atom is -0.204 e. The summed E-state index contributed by atoms with van der Waals surface area (Å²) in [5.74, 6) is -1.61. The molecule has 4 rings (SSSR count). The summed E-state index contributed by atoms with van der Waals surface area (Å²) in [5.41, 5.74) is 8.24. The van der Waals surface area contributed by atoms with Crippen molar-refractivity contribution < 1.29 is 8.78 Å². The average Bonchev–Trinajstić information content (AvgIpc) is 3.01. The maximum absolute atomic E-state index is 13.6. The first-order chi connectivity index (χ1) is 12.7. The van der Waals surface area contributed by atoms with E-state index in [4.69, 9.17) is 0 Å². The van der Waals surface area contributed by atoms with Crippen molar-refractivity contribution in [1.29, 1.82) is 0 Å². The fourth-order valence-electron chi connectivity index (χ4n) is 3.85. The molecule has 0 aliphatic heterocycles. The Labute approximate surface area is 153 Å². The van der Waals surface area contributed by atoms with Crippen LogP contribution in [0.15, 0.2) is 54.6 Å².